The van der Waals surface area contributed by atoms with Crippen LogP contribution in [0.3, 0.4) is 0 Å². The first-order chi connectivity index (χ1) is 3.33. The van der Waals surface area contributed by atoms with E-state index in [1.807, 2.05) is 0 Å². The van der Waals surface area contributed by atoms with Crippen molar-refractivity contribution in [3.63, 3.8) is 0 Å². The molecule has 0 aliphatic heterocycles. The van der Waals surface area contributed by atoms with Crippen LogP contribution in [0.25, 0.3) is 0 Å². The zero-order valence-electron chi connectivity index (χ0n) is 4.65. The van der Waals surface area contributed by atoms with Crippen molar-refractivity contribution in [3.05, 3.63) is 11.6 Å². The molecule has 0 heterocycles. The van der Waals surface area contributed by atoms with Gasteiger partial charge in [0.1, 0.15) is 0 Å². The van der Waals surface area contributed by atoms with Gasteiger partial charge in [-0.05, 0) is 12.8 Å². The van der Waals surface area contributed by atoms with Gasteiger partial charge in [-0.2, -0.15) is 0 Å². The molecule has 0 amide bonds. The maximum absolute atomic E-state index is 5.47. The molecule has 1 heteroatoms. The predicted molar refractivity (Wildman–Crippen MR) is 31.0 cm³/mol. The summed E-state index contributed by atoms with van der Waals surface area (Å²) in [6.45, 7) is 2.16. The second-order valence-corrected chi connectivity index (χ2v) is 2.05. The summed E-state index contributed by atoms with van der Waals surface area (Å²) in [5, 5.41) is 0. The third-order valence-electron chi connectivity index (χ3n) is 1.40. The van der Waals surface area contributed by atoms with Crippen LogP contribution in [0.5, 0.6) is 0 Å². The van der Waals surface area contributed by atoms with E-state index >= 15 is 0 Å². The lowest BCUT2D eigenvalue weighted by Gasteiger charge is -2.19. The summed E-state index contributed by atoms with van der Waals surface area (Å²) in [5.41, 5.74) is 6.99. The van der Waals surface area contributed by atoms with Gasteiger partial charge in [-0.15, -0.1) is 0 Å². The molecule has 1 unspecified atom stereocenters. The van der Waals surface area contributed by atoms with Gasteiger partial charge >= 0.3 is 0 Å². The summed E-state index contributed by atoms with van der Waals surface area (Å²) < 4.78 is 0. The fourth-order valence-corrected chi connectivity index (χ4v) is 0.834. The molecule has 40 valence electrons. The average Bonchev–Trinajstić information content (AvgIpc) is 1.58. The van der Waals surface area contributed by atoms with Gasteiger partial charge in [-0.1, -0.05) is 18.6 Å². The van der Waals surface area contributed by atoms with Crippen molar-refractivity contribution >= 4 is 0 Å². The Kier molecular flexibility index (Phi) is 1.15. The number of rotatable bonds is 1. The molecule has 1 rings (SSSR count). The highest BCUT2D eigenvalue weighted by Crippen LogP contribution is 2.19. The first kappa shape index (κ1) is 4.85. The molecule has 0 saturated carbocycles. The first-order valence-electron chi connectivity index (χ1n) is 2.78. The van der Waals surface area contributed by atoms with Crippen molar-refractivity contribution in [2.75, 3.05) is 0 Å². The second kappa shape index (κ2) is 1.66. The Hall–Kier alpha value is -0.300. The number of hydrogen-bond acceptors (Lipinski definition) is 1. The van der Waals surface area contributed by atoms with E-state index in [0.29, 0.717) is 6.04 Å². The van der Waals surface area contributed by atoms with E-state index in [-0.39, 0.29) is 0 Å². The maximum Gasteiger partial charge on any atom is 0.0264 e. The fraction of sp³-hybridized carbons (Fsp3) is 0.667. The highest BCUT2D eigenvalue weighted by molar-refractivity contribution is 5.18. The predicted octanol–water partition coefficient (Wildman–Crippen LogP) is 1.05. The molecule has 0 radical (unpaired) electrons. The standard InChI is InChI=1S/C6H11N/c1-2-5-3-6(7)4-5/h3,6H,2,4,7H2,1H3. The molecule has 1 atom stereocenters. The van der Waals surface area contributed by atoms with Crippen LogP contribution in [-0.2, 0) is 0 Å². The van der Waals surface area contributed by atoms with Crippen LogP contribution >= 0.6 is 0 Å². The van der Waals surface area contributed by atoms with E-state index in [2.05, 4.69) is 13.0 Å². The van der Waals surface area contributed by atoms with Crippen molar-refractivity contribution in [2.24, 2.45) is 5.73 Å². The topological polar surface area (TPSA) is 26.0 Å². The van der Waals surface area contributed by atoms with Crippen LogP contribution in [0, 0.1) is 0 Å². The molecule has 0 spiro atoms. The highest BCUT2D eigenvalue weighted by Gasteiger charge is 2.11. The quantitative estimate of drug-likeness (QED) is 0.486. The third-order valence-corrected chi connectivity index (χ3v) is 1.40. The zero-order chi connectivity index (χ0) is 5.28. The van der Waals surface area contributed by atoms with Gasteiger partial charge in [0.25, 0.3) is 0 Å². The Balaban J connectivity index is 2.35. The van der Waals surface area contributed by atoms with Crippen molar-refractivity contribution in [1.82, 2.24) is 0 Å². The van der Waals surface area contributed by atoms with Crippen molar-refractivity contribution in [2.45, 2.75) is 25.8 Å². The molecule has 2 N–H and O–H groups in total. The van der Waals surface area contributed by atoms with Gasteiger partial charge in [0.15, 0.2) is 0 Å². The zero-order valence-corrected chi connectivity index (χ0v) is 4.65. The smallest absolute Gasteiger partial charge is 0.0264 e. The normalized spacial score (nSPS) is 28.9. The fourth-order valence-electron chi connectivity index (χ4n) is 0.834. The monoisotopic (exact) mass is 97.1 g/mol. The average molecular weight is 97.2 g/mol. The molecular formula is C6H11N. The van der Waals surface area contributed by atoms with E-state index in [9.17, 15) is 0 Å². The van der Waals surface area contributed by atoms with Crippen molar-refractivity contribution < 1.29 is 0 Å². The maximum atomic E-state index is 5.47. The Morgan fingerprint density at radius 3 is 2.71 bits per heavy atom. The van der Waals surface area contributed by atoms with E-state index in [0.717, 1.165) is 6.42 Å². The molecule has 0 aromatic carbocycles. The lowest BCUT2D eigenvalue weighted by Crippen LogP contribution is -2.25. The first-order valence-corrected chi connectivity index (χ1v) is 2.78. The molecule has 0 fully saturated rings. The summed E-state index contributed by atoms with van der Waals surface area (Å²) in [6.07, 6.45) is 4.46. The molecular weight excluding hydrogens is 86.1 g/mol. The summed E-state index contributed by atoms with van der Waals surface area (Å²) in [5.74, 6) is 0. The Bertz CT molecular complexity index is 94.4. The SMILES string of the molecule is CCC1=CC(N)C1. The van der Waals surface area contributed by atoms with Crippen molar-refractivity contribution in [1.29, 1.82) is 0 Å². The van der Waals surface area contributed by atoms with Crippen molar-refractivity contribution in [3.8, 4) is 0 Å². The minimum atomic E-state index is 0.384. The number of nitrogens with two attached hydrogens (primary N) is 1. The van der Waals surface area contributed by atoms with Gasteiger partial charge in [0, 0.05) is 6.04 Å². The van der Waals surface area contributed by atoms with Gasteiger partial charge in [-0.25, -0.2) is 0 Å². The van der Waals surface area contributed by atoms with Crippen LogP contribution in [-0.4, -0.2) is 6.04 Å². The Morgan fingerprint density at radius 2 is 2.57 bits per heavy atom. The van der Waals surface area contributed by atoms with Crippen LogP contribution in [0.1, 0.15) is 19.8 Å². The summed E-state index contributed by atoms with van der Waals surface area (Å²) >= 11 is 0. The summed E-state index contributed by atoms with van der Waals surface area (Å²) in [4.78, 5) is 0. The van der Waals surface area contributed by atoms with Crippen LogP contribution in [0.4, 0.5) is 0 Å². The Labute approximate surface area is 44.2 Å². The summed E-state index contributed by atoms with van der Waals surface area (Å²) in [6, 6.07) is 0.384. The van der Waals surface area contributed by atoms with Gasteiger partial charge in [0.05, 0.1) is 0 Å². The highest BCUT2D eigenvalue weighted by atomic mass is 14.6. The Morgan fingerprint density at radius 1 is 2.00 bits per heavy atom. The largest absolute Gasteiger partial charge is 0.324 e. The molecule has 0 aromatic rings. The molecule has 1 aliphatic rings. The van der Waals surface area contributed by atoms with Gasteiger partial charge in [0.2, 0.25) is 0 Å². The lowest BCUT2D eigenvalue weighted by molar-refractivity contribution is 0.693. The minimum absolute atomic E-state index is 0.384. The lowest BCUT2D eigenvalue weighted by atomic mass is 9.92. The van der Waals surface area contributed by atoms with Crippen LogP contribution in [0.2, 0.25) is 0 Å². The van der Waals surface area contributed by atoms with E-state index in [1.54, 1.807) is 0 Å². The molecule has 1 nitrogen and oxygen atoms in total. The van der Waals surface area contributed by atoms with E-state index < -0.39 is 0 Å². The number of hydrogen-bond donors (Lipinski definition) is 1. The summed E-state index contributed by atoms with van der Waals surface area (Å²) in [7, 11) is 0. The van der Waals surface area contributed by atoms with Crippen LogP contribution in [0.15, 0.2) is 11.6 Å². The molecule has 0 bridgehead atoms. The van der Waals surface area contributed by atoms with E-state index in [1.165, 1.54) is 12.0 Å². The van der Waals surface area contributed by atoms with Gasteiger partial charge < -0.3 is 5.73 Å². The molecule has 1 aliphatic carbocycles. The molecule has 0 aromatic heterocycles. The van der Waals surface area contributed by atoms with Gasteiger partial charge in [-0.3, -0.25) is 0 Å². The second-order valence-electron chi connectivity index (χ2n) is 2.05. The molecule has 7 heavy (non-hydrogen) atoms. The minimum Gasteiger partial charge on any atom is -0.324 e. The van der Waals surface area contributed by atoms with Crippen LogP contribution < -0.4 is 5.73 Å². The molecule has 0 saturated heterocycles. The third kappa shape index (κ3) is 0.829. The van der Waals surface area contributed by atoms with E-state index in [4.69, 9.17) is 5.73 Å².